The molecule has 1 aromatic heterocycles. The fourth-order valence-corrected chi connectivity index (χ4v) is 3.94. The van der Waals surface area contributed by atoms with Gasteiger partial charge in [0, 0.05) is 31.9 Å². The molecule has 1 nitrogen and oxygen atoms in total. The summed E-state index contributed by atoms with van der Waals surface area (Å²) in [5, 5.41) is 0.917. The van der Waals surface area contributed by atoms with Crippen molar-refractivity contribution in [1.29, 1.82) is 0 Å². The zero-order valence-corrected chi connectivity index (χ0v) is 13.8. The third-order valence-electron chi connectivity index (χ3n) is 3.67. The lowest BCUT2D eigenvalue weighted by atomic mass is 10.0. The highest BCUT2D eigenvalue weighted by Crippen LogP contribution is 2.21. The average molecular weight is 291 g/mol. The largest absolute Gasteiger partial charge is 0.212 e. The lowest BCUT2D eigenvalue weighted by molar-refractivity contribution is -0.665. The molecule has 0 amide bonds. The Hall–Kier alpha value is -1.41. The van der Waals surface area contributed by atoms with E-state index in [0.29, 0.717) is 5.69 Å². The molecule has 2 heteroatoms. The van der Waals surface area contributed by atoms with Gasteiger partial charge in [0.2, 0.25) is 5.69 Å². The van der Waals surface area contributed by atoms with Crippen molar-refractivity contribution < 1.29 is 12.8 Å². The summed E-state index contributed by atoms with van der Waals surface area (Å²) >= 11 is 0. The number of benzene rings is 1. The van der Waals surface area contributed by atoms with Crippen LogP contribution in [0.15, 0.2) is 30.3 Å². The third kappa shape index (κ3) is 2.71. The van der Waals surface area contributed by atoms with Gasteiger partial charge in [-0.3, -0.25) is 0 Å². The summed E-state index contributed by atoms with van der Waals surface area (Å²) in [5.74, 6) is 0. The molecule has 2 rings (SSSR count). The topological polar surface area (TPSA) is 3.88 Å². The van der Waals surface area contributed by atoms with Gasteiger partial charge in [-0.25, -0.2) is 0 Å². The Kier molecular flexibility index (Phi) is 2.27. The molecule has 106 valence electrons. The first-order valence-electron chi connectivity index (χ1n) is 9.79. The maximum atomic E-state index is 8.02. The number of hydrogen-bond donors (Lipinski definition) is 0. The van der Waals surface area contributed by atoms with Gasteiger partial charge >= 0.3 is 0 Å². The summed E-state index contributed by atoms with van der Waals surface area (Å²) in [6, 6.07) is 8.89. The average Bonchev–Trinajstić information content (AvgIpc) is 2.44. The van der Waals surface area contributed by atoms with E-state index in [-0.39, 0.29) is 5.56 Å². The summed E-state index contributed by atoms with van der Waals surface area (Å²) in [6.07, 6.45) is 0. The van der Waals surface area contributed by atoms with Crippen LogP contribution in [0.4, 0.5) is 0 Å². The summed E-state index contributed by atoms with van der Waals surface area (Å²) in [6.45, 7) is 3.88. The Morgan fingerprint density at radius 3 is 2.35 bits per heavy atom. The molecule has 2 aromatic rings. The molecule has 0 spiro atoms. The molecule has 20 heavy (non-hydrogen) atoms. The van der Waals surface area contributed by atoms with Crippen molar-refractivity contribution in [2.24, 2.45) is 7.05 Å². The molecule has 0 unspecified atom stereocenters. The maximum Gasteiger partial charge on any atom is 0.212 e. The van der Waals surface area contributed by atoms with Crippen molar-refractivity contribution in [2.75, 3.05) is 0 Å². The number of nitrogens with zero attached hydrogens (tertiary/aromatic N) is 1. The molecule has 0 atom stereocenters. The first kappa shape index (κ1) is 8.78. The van der Waals surface area contributed by atoms with E-state index in [1.807, 2.05) is 19.1 Å². The predicted octanol–water partition coefficient (Wildman–Crippen LogP) is 3.65. The van der Waals surface area contributed by atoms with Gasteiger partial charge in [-0.05, 0) is 25.4 Å². The molecule has 0 aliphatic heterocycles. The van der Waals surface area contributed by atoms with Gasteiger partial charge in [0.05, 0.1) is 8.07 Å². The highest BCUT2D eigenvalue weighted by molar-refractivity contribution is 6.88. The molecular weight excluding hydrogens is 258 g/mol. The van der Waals surface area contributed by atoms with E-state index >= 15 is 0 Å². The first-order valence-corrected chi connectivity index (χ1v) is 10.3. The Labute approximate surface area is 132 Å². The molecule has 0 radical (unpaired) electrons. The van der Waals surface area contributed by atoms with Crippen LogP contribution < -0.4 is 9.75 Å². The van der Waals surface area contributed by atoms with Crippen molar-refractivity contribution in [3.63, 3.8) is 0 Å². The van der Waals surface area contributed by atoms with Crippen LogP contribution in [0.1, 0.15) is 25.0 Å². The summed E-state index contributed by atoms with van der Waals surface area (Å²) in [7, 11) is -0.0700. The molecule has 1 heterocycles. The second kappa shape index (κ2) is 5.17. The van der Waals surface area contributed by atoms with E-state index in [0.717, 1.165) is 22.0 Å². The fourth-order valence-electron chi connectivity index (χ4n) is 2.48. The zero-order chi connectivity index (χ0) is 20.1. The lowest BCUT2D eigenvalue weighted by Gasteiger charge is -2.18. The van der Waals surface area contributed by atoms with E-state index in [2.05, 4.69) is 19.6 Å². The van der Waals surface area contributed by atoms with Crippen molar-refractivity contribution in [2.45, 2.75) is 40.3 Å². The second-order valence-electron chi connectivity index (χ2n) is 6.32. The third-order valence-corrected chi connectivity index (χ3v) is 5.69. The highest BCUT2D eigenvalue weighted by Gasteiger charge is 2.25. The number of hydrogen-bond acceptors (Lipinski definition) is 0. The smallest absolute Gasteiger partial charge is 0.199 e. The Balaban J connectivity index is 2.74. The number of aryl methyl sites for hydroxylation is 2. The Morgan fingerprint density at radius 2 is 1.80 bits per heavy atom. The second-order valence-corrected chi connectivity index (χ2v) is 11.4. The monoisotopic (exact) mass is 290 g/mol. The normalized spacial score (nSPS) is 17.4. The zero-order valence-electron chi connectivity index (χ0n) is 18.8. The van der Waals surface area contributed by atoms with Crippen LogP contribution in [-0.2, 0) is 7.05 Å². The first-order chi connectivity index (χ1) is 11.6. The van der Waals surface area contributed by atoms with Gasteiger partial charge in [-0.1, -0.05) is 43.4 Å². The molecule has 0 fully saturated rings. The highest BCUT2D eigenvalue weighted by atomic mass is 28.3. The number of aromatic nitrogens is 1. The molecule has 0 aliphatic rings. The van der Waals surface area contributed by atoms with Crippen molar-refractivity contribution in [3.05, 3.63) is 47.2 Å². The van der Waals surface area contributed by atoms with Gasteiger partial charge in [-0.2, -0.15) is 4.57 Å². The van der Waals surface area contributed by atoms with E-state index in [9.17, 15) is 0 Å². The quantitative estimate of drug-likeness (QED) is 0.587. The van der Waals surface area contributed by atoms with Crippen LogP contribution in [-0.4, -0.2) is 8.07 Å². The van der Waals surface area contributed by atoms with Crippen LogP contribution >= 0.6 is 0 Å². The minimum Gasteiger partial charge on any atom is -0.199 e. The van der Waals surface area contributed by atoms with Crippen molar-refractivity contribution in [3.8, 4) is 11.3 Å². The minimum absolute atomic E-state index is 0.288. The van der Waals surface area contributed by atoms with Gasteiger partial charge in [0.15, 0.2) is 5.69 Å². The molecule has 0 saturated heterocycles. The van der Waals surface area contributed by atoms with E-state index in [4.69, 9.17) is 8.22 Å². The van der Waals surface area contributed by atoms with Crippen LogP contribution in [0.25, 0.3) is 11.3 Å². The molecule has 1 aromatic carbocycles. The number of rotatable bonds is 2. The molecule has 0 bridgehead atoms. The summed E-state index contributed by atoms with van der Waals surface area (Å²) in [4.78, 5) is 0. The van der Waals surface area contributed by atoms with Crippen LogP contribution in [0, 0.1) is 20.6 Å². The van der Waals surface area contributed by atoms with Crippen LogP contribution in [0.3, 0.4) is 0 Å². The standard InChI is InChI=1S/C18H26NSi/c1-13-8-9-16(14(2)12-13)17-10-11-18(20(5,6)7)15(3)19(17)4/h8-12H,1-7H3/q+1/i1D3,3D3. The summed E-state index contributed by atoms with van der Waals surface area (Å²) in [5.41, 5.74) is 3.08. The van der Waals surface area contributed by atoms with Crippen molar-refractivity contribution >= 4 is 13.3 Å². The van der Waals surface area contributed by atoms with Crippen molar-refractivity contribution in [1.82, 2.24) is 0 Å². The van der Waals surface area contributed by atoms with Crippen LogP contribution in [0.2, 0.25) is 19.6 Å². The SMILES string of the molecule is [2H]C([2H])([2H])c1ccc(-c2ccc([Si](C)(C)C)c(C([2H])([2H])[2H])[n+]2C)c(C)c1. The van der Waals surface area contributed by atoms with Gasteiger partial charge in [0.25, 0.3) is 0 Å². The molecular formula is C18H26NSi+. The Morgan fingerprint density at radius 1 is 1.05 bits per heavy atom. The predicted molar refractivity (Wildman–Crippen MR) is 90.2 cm³/mol. The van der Waals surface area contributed by atoms with Gasteiger partial charge in [0.1, 0.15) is 7.05 Å². The number of pyridine rings is 1. The fraction of sp³-hybridized carbons (Fsp3) is 0.389. The van der Waals surface area contributed by atoms with Crippen LogP contribution in [0.5, 0.6) is 0 Å². The molecule has 0 saturated carbocycles. The van der Waals surface area contributed by atoms with Gasteiger partial charge < -0.3 is 0 Å². The van der Waals surface area contributed by atoms with E-state index in [1.54, 1.807) is 29.8 Å². The van der Waals surface area contributed by atoms with Gasteiger partial charge in [-0.15, -0.1) is 0 Å². The lowest BCUT2D eigenvalue weighted by Crippen LogP contribution is -2.49. The Bertz CT molecular complexity index is 831. The van der Waals surface area contributed by atoms with E-state index < -0.39 is 21.8 Å². The molecule has 0 N–H and O–H groups in total. The van der Waals surface area contributed by atoms with E-state index in [1.165, 1.54) is 0 Å². The molecule has 0 aliphatic carbocycles. The summed E-state index contributed by atoms with van der Waals surface area (Å²) < 4.78 is 48.5. The minimum atomic E-state index is -2.22. The maximum absolute atomic E-state index is 8.02.